The molecule has 4 nitrogen and oxygen atoms in total. The molecule has 0 unspecified atom stereocenters. The number of hydrogen-bond acceptors (Lipinski definition) is 4. The van der Waals surface area contributed by atoms with Crippen LogP contribution < -0.4 is 19.9 Å². The largest absolute Gasteiger partial charge is 0.497 e. The van der Waals surface area contributed by atoms with Crippen LogP contribution in [0.1, 0.15) is 24.8 Å². The third kappa shape index (κ3) is 3.45. The van der Waals surface area contributed by atoms with Crippen LogP contribution >= 0.6 is 0 Å². The normalized spacial score (nSPS) is 14.2. The van der Waals surface area contributed by atoms with Crippen molar-refractivity contribution in [3.05, 3.63) is 48.0 Å². The van der Waals surface area contributed by atoms with Crippen molar-refractivity contribution >= 4 is 5.69 Å². The molecule has 0 radical (unpaired) electrons. The van der Waals surface area contributed by atoms with Crippen molar-refractivity contribution in [3.8, 4) is 17.2 Å². The number of nitrogens with two attached hydrogens (primary N) is 1. The molecular formula is C18H21NO3. The molecule has 4 heteroatoms. The maximum Gasteiger partial charge on any atom is 0.142 e. The highest BCUT2D eigenvalue weighted by molar-refractivity contribution is 5.56. The van der Waals surface area contributed by atoms with Crippen LogP contribution in [0.3, 0.4) is 0 Å². The number of benzene rings is 2. The van der Waals surface area contributed by atoms with Gasteiger partial charge in [0.25, 0.3) is 0 Å². The van der Waals surface area contributed by atoms with Gasteiger partial charge in [0.15, 0.2) is 0 Å². The van der Waals surface area contributed by atoms with E-state index in [2.05, 4.69) is 0 Å². The molecule has 1 fully saturated rings. The summed E-state index contributed by atoms with van der Waals surface area (Å²) in [5, 5.41) is 0. The van der Waals surface area contributed by atoms with Crippen molar-refractivity contribution in [2.75, 3.05) is 12.8 Å². The molecule has 2 N–H and O–H groups in total. The minimum atomic E-state index is 0.327. The van der Waals surface area contributed by atoms with Crippen LogP contribution in [0.15, 0.2) is 42.5 Å². The quantitative estimate of drug-likeness (QED) is 0.825. The van der Waals surface area contributed by atoms with Crippen LogP contribution in [0.2, 0.25) is 0 Å². The third-order valence-corrected chi connectivity index (χ3v) is 3.89. The van der Waals surface area contributed by atoms with E-state index in [0.717, 1.165) is 35.7 Å². The van der Waals surface area contributed by atoms with Crippen LogP contribution in [-0.2, 0) is 6.61 Å². The van der Waals surface area contributed by atoms with Crippen molar-refractivity contribution in [1.29, 1.82) is 0 Å². The first-order chi connectivity index (χ1) is 10.7. The van der Waals surface area contributed by atoms with Crippen LogP contribution in [0.5, 0.6) is 17.2 Å². The molecule has 0 bridgehead atoms. The summed E-state index contributed by atoms with van der Waals surface area (Å²) in [5.74, 6) is 2.33. The summed E-state index contributed by atoms with van der Waals surface area (Å²) in [6, 6.07) is 13.4. The number of nitrogen functional groups attached to an aromatic ring is 1. The van der Waals surface area contributed by atoms with Crippen molar-refractivity contribution in [2.24, 2.45) is 0 Å². The Morgan fingerprint density at radius 3 is 2.36 bits per heavy atom. The average Bonchev–Trinajstić information content (AvgIpc) is 2.51. The first kappa shape index (κ1) is 14.6. The fourth-order valence-corrected chi connectivity index (χ4v) is 2.28. The Kier molecular flexibility index (Phi) is 4.37. The number of ether oxygens (including phenoxy) is 3. The Balaban J connectivity index is 1.58. The Bertz CT molecular complexity index is 621. The molecule has 116 valence electrons. The number of rotatable bonds is 6. The van der Waals surface area contributed by atoms with Gasteiger partial charge in [0.1, 0.15) is 23.9 Å². The number of hydrogen-bond donors (Lipinski definition) is 1. The highest BCUT2D eigenvalue weighted by Gasteiger charge is 2.20. The Labute approximate surface area is 130 Å². The lowest BCUT2D eigenvalue weighted by Gasteiger charge is -2.27. The van der Waals surface area contributed by atoms with Crippen LogP contribution in [-0.4, -0.2) is 13.2 Å². The molecular weight excluding hydrogens is 278 g/mol. The van der Waals surface area contributed by atoms with Crippen LogP contribution in [0, 0.1) is 0 Å². The molecule has 0 heterocycles. The monoisotopic (exact) mass is 299 g/mol. The minimum absolute atomic E-state index is 0.327. The van der Waals surface area contributed by atoms with Crippen LogP contribution in [0.4, 0.5) is 5.69 Å². The minimum Gasteiger partial charge on any atom is -0.497 e. The lowest BCUT2D eigenvalue weighted by molar-refractivity contribution is 0.121. The van der Waals surface area contributed by atoms with Crippen LogP contribution in [0.25, 0.3) is 0 Å². The van der Waals surface area contributed by atoms with E-state index in [1.54, 1.807) is 7.11 Å². The van der Waals surface area contributed by atoms with Gasteiger partial charge in [-0.05, 0) is 49.1 Å². The maximum absolute atomic E-state index is 6.03. The van der Waals surface area contributed by atoms with E-state index in [1.165, 1.54) is 6.42 Å². The van der Waals surface area contributed by atoms with Gasteiger partial charge in [-0.2, -0.15) is 0 Å². The first-order valence-electron chi connectivity index (χ1n) is 7.56. The standard InChI is InChI=1S/C18H21NO3/c1-20-14-7-5-13(6-8-14)12-21-16-9-10-18(17(19)11-16)22-15-3-2-4-15/h5-11,15H,2-4,12,19H2,1H3. The second kappa shape index (κ2) is 6.60. The van der Waals surface area contributed by atoms with E-state index in [-0.39, 0.29) is 0 Å². The summed E-state index contributed by atoms with van der Waals surface area (Å²) in [5.41, 5.74) is 7.74. The molecule has 22 heavy (non-hydrogen) atoms. The van der Waals surface area contributed by atoms with Crippen molar-refractivity contribution in [2.45, 2.75) is 32.0 Å². The van der Waals surface area contributed by atoms with E-state index >= 15 is 0 Å². The molecule has 2 aromatic carbocycles. The van der Waals surface area contributed by atoms with Gasteiger partial charge in [0, 0.05) is 6.07 Å². The molecule has 0 aromatic heterocycles. The Morgan fingerprint density at radius 1 is 1.05 bits per heavy atom. The molecule has 1 aliphatic rings. The highest BCUT2D eigenvalue weighted by Crippen LogP contribution is 2.31. The predicted molar refractivity (Wildman–Crippen MR) is 86.4 cm³/mol. The fourth-order valence-electron chi connectivity index (χ4n) is 2.28. The van der Waals surface area contributed by atoms with Gasteiger partial charge >= 0.3 is 0 Å². The lowest BCUT2D eigenvalue weighted by Crippen LogP contribution is -2.24. The molecule has 0 spiro atoms. The van der Waals surface area contributed by atoms with Gasteiger partial charge in [-0.3, -0.25) is 0 Å². The molecule has 1 saturated carbocycles. The second-order valence-corrected chi connectivity index (χ2v) is 5.51. The van der Waals surface area contributed by atoms with Gasteiger partial charge < -0.3 is 19.9 Å². The molecule has 1 aliphatic carbocycles. The van der Waals surface area contributed by atoms with Gasteiger partial charge in [0.05, 0.1) is 18.9 Å². The van der Waals surface area contributed by atoms with Gasteiger partial charge in [-0.15, -0.1) is 0 Å². The predicted octanol–water partition coefficient (Wildman–Crippen LogP) is 3.79. The Hall–Kier alpha value is -2.36. The zero-order valence-electron chi connectivity index (χ0n) is 12.7. The first-order valence-corrected chi connectivity index (χ1v) is 7.56. The summed E-state index contributed by atoms with van der Waals surface area (Å²) in [7, 11) is 1.65. The molecule has 2 aromatic rings. The van der Waals surface area contributed by atoms with E-state index in [4.69, 9.17) is 19.9 Å². The van der Waals surface area contributed by atoms with E-state index in [9.17, 15) is 0 Å². The van der Waals surface area contributed by atoms with Gasteiger partial charge in [0.2, 0.25) is 0 Å². The van der Waals surface area contributed by atoms with Gasteiger partial charge in [-0.1, -0.05) is 12.1 Å². The molecule has 0 amide bonds. The SMILES string of the molecule is COc1ccc(COc2ccc(OC3CCC3)c(N)c2)cc1. The average molecular weight is 299 g/mol. The topological polar surface area (TPSA) is 53.7 Å². The smallest absolute Gasteiger partial charge is 0.142 e. The van der Waals surface area contributed by atoms with E-state index < -0.39 is 0 Å². The van der Waals surface area contributed by atoms with E-state index in [1.807, 2.05) is 42.5 Å². The van der Waals surface area contributed by atoms with E-state index in [0.29, 0.717) is 18.4 Å². The fraction of sp³-hybridized carbons (Fsp3) is 0.333. The molecule has 0 saturated heterocycles. The summed E-state index contributed by atoms with van der Waals surface area (Å²) >= 11 is 0. The summed E-state index contributed by atoms with van der Waals surface area (Å²) in [6.45, 7) is 0.492. The third-order valence-electron chi connectivity index (χ3n) is 3.89. The van der Waals surface area contributed by atoms with Crippen molar-refractivity contribution in [3.63, 3.8) is 0 Å². The highest BCUT2D eigenvalue weighted by atomic mass is 16.5. The molecule has 3 rings (SSSR count). The molecule has 0 atom stereocenters. The zero-order chi connectivity index (χ0) is 15.4. The summed E-state index contributed by atoms with van der Waals surface area (Å²) in [6.07, 6.45) is 3.81. The molecule has 0 aliphatic heterocycles. The summed E-state index contributed by atoms with van der Waals surface area (Å²) in [4.78, 5) is 0. The zero-order valence-corrected chi connectivity index (χ0v) is 12.7. The number of anilines is 1. The van der Waals surface area contributed by atoms with Crippen molar-refractivity contribution in [1.82, 2.24) is 0 Å². The van der Waals surface area contributed by atoms with Crippen molar-refractivity contribution < 1.29 is 14.2 Å². The number of methoxy groups -OCH3 is 1. The second-order valence-electron chi connectivity index (χ2n) is 5.51. The lowest BCUT2D eigenvalue weighted by atomic mass is 9.96. The Morgan fingerprint density at radius 2 is 1.77 bits per heavy atom. The summed E-state index contributed by atoms with van der Waals surface area (Å²) < 4.78 is 16.7. The maximum atomic E-state index is 6.03. The van der Waals surface area contributed by atoms with Gasteiger partial charge in [-0.25, -0.2) is 0 Å².